The van der Waals surface area contributed by atoms with Crippen LogP contribution < -0.4 is 5.32 Å². The Kier molecular flexibility index (Phi) is 9.94. The minimum Gasteiger partial charge on any atom is -0.396 e. The maximum atomic E-state index is 12.3. The minimum atomic E-state index is -0.213. The lowest BCUT2D eigenvalue weighted by atomic mass is 9.97. The van der Waals surface area contributed by atoms with Crippen LogP contribution in [0, 0.1) is 6.92 Å². The zero-order valence-electron chi connectivity index (χ0n) is 16.8. The second-order valence-electron chi connectivity index (χ2n) is 7.31. The molecular formula is C23H32N2O2S. The third-order valence-corrected chi connectivity index (χ3v) is 5.31. The molecule has 0 fully saturated rings. The fourth-order valence-electron chi connectivity index (χ4n) is 3.22. The number of carbonyl (C=O) groups is 1. The van der Waals surface area contributed by atoms with E-state index in [0.29, 0.717) is 5.11 Å². The van der Waals surface area contributed by atoms with Crippen LogP contribution in [-0.4, -0.2) is 40.7 Å². The van der Waals surface area contributed by atoms with Crippen molar-refractivity contribution in [1.29, 1.82) is 0 Å². The summed E-state index contributed by atoms with van der Waals surface area (Å²) in [6.07, 6.45) is 13.1. The zero-order chi connectivity index (χ0) is 20.2. The number of allylic oxidation sites excluding steroid dienone is 1. The summed E-state index contributed by atoms with van der Waals surface area (Å²) in [6.45, 7) is 3.76. The molecule has 0 atom stereocenters. The van der Waals surface area contributed by atoms with E-state index in [0.717, 1.165) is 37.9 Å². The Bertz CT molecular complexity index is 695. The first-order valence-electron chi connectivity index (χ1n) is 10.2. The van der Waals surface area contributed by atoms with Gasteiger partial charge in [0.1, 0.15) is 0 Å². The Morgan fingerprint density at radius 3 is 2.68 bits per heavy atom. The van der Waals surface area contributed by atoms with Crippen LogP contribution >= 0.6 is 12.2 Å². The number of unbranched alkanes of at least 4 members (excludes halogenated alkanes) is 1. The van der Waals surface area contributed by atoms with Gasteiger partial charge in [0, 0.05) is 25.8 Å². The second-order valence-corrected chi connectivity index (χ2v) is 7.70. The van der Waals surface area contributed by atoms with Crippen LogP contribution in [0.25, 0.3) is 6.08 Å². The standard InChI is InChI=1S/C23H32N2O2S/c1-19-9-11-21(12-10-19)13-14-22(27)24-23(28)25(16-5-6-18-26)17-15-20-7-3-2-4-8-20/h7,9-14,26H,2-6,8,15-18H2,1H3,(H,24,27,28). The predicted octanol–water partition coefficient (Wildman–Crippen LogP) is 4.37. The summed E-state index contributed by atoms with van der Waals surface area (Å²) >= 11 is 5.49. The molecule has 0 radical (unpaired) electrons. The van der Waals surface area contributed by atoms with Crippen molar-refractivity contribution in [3.05, 3.63) is 53.1 Å². The van der Waals surface area contributed by atoms with E-state index in [-0.39, 0.29) is 12.5 Å². The molecule has 1 amide bonds. The van der Waals surface area contributed by atoms with Crippen LogP contribution in [0.2, 0.25) is 0 Å². The summed E-state index contributed by atoms with van der Waals surface area (Å²) < 4.78 is 0. The number of nitrogens with one attached hydrogen (secondary N) is 1. The molecule has 0 saturated carbocycles. The number of thiocarbonyl (C=S) groups is 1. The van der Waals surface area contributed by atoms with Crippen molar-refractivity contribution in [1.82, 2.24) is 10.2 Å². The summed E-state index contributed by atoms with van der Waals surface area (Å²) in [5.41, 5.74) is 3.66. The average molecular weight is 401 g/mol. The number of aliphatic hydroxyl groups excluding tert-OH is 1. The SMILES string of the molecule is Cc1ccc(C=CC(=O)NC(=S)N(CCCCO)CCC2=CCCCC2)cc1. The lowest BCUT2D eigenvalue weighted by molar-refractivity contribution is -0.115. The summed E-state index contributed by atoms with van der Waals surface area (Å²) in [5.74, 6) is -0.213. The summed E-state index contributed by atoms with van der Waals surface area (Å²) in [6, 6.07) is 8.00. The molecule has 0 spiro atoms. The van der Waals surface area contributed by atoms with Crippen molar-refractivity contribution < 1.29 is 9.90 Å². The Labute approximate surface area is 174 Å². The van der Waals surface area contributed by atoms with E-state index in [1.807, 2.05) is 31.2 Å². The molecule has 2 rings (SSSR count). The number of hydrogen-bond acceptors (Lipinski definition) is 3. The van der Waals surface area contributed by atoms with Crippen molar-refractivity contribution in [2.24, 2.45) is 0 Å². The summed E-state index contributed by atoms with van der Waals surface area (Å²) in [7, 11) is 0. The van der Waals surface area contributed by atoms with Gasteiger partial charge in [-0.05, 0) is 75.7 Å². The van der Waals surface area contributed by atoms with E-state index >= 15 is 0 Å². The lowest BCUT2D eigenvalue weighted by Gasteiger charge is -2.26. The predicted molar refractivity (Wildman–Crippen MR) is 120 cm³/mol. The minimum absolute atomic E-state index is 0.178. The molecule has 0 heterocycles. The van der Waals surface area contributed by atoms with Gasteiger partial charge in [-0.2, -0.15) is 0 Å². The Hall–Kier alpha value is -1.98. The molecule has 28 heavy (non-hydrogen) atoms. The number of benzene rings is 1. The van der Waals surface area contributed by atoms with Gasteiger partial charge in [-0.25, -0.2) is 0 Å². The fraction of sp³-hybridized carbons (Fsp3) is 0.478. The van der Waals surface area contributed by atoms with Crippen molar-refractivity contribution in [3.63, 3.8) is 0 Å². The molecular weight excluding hydrogens is 368 g/mol. The molecule has 1 aliphatic rings. The van der Waals surface area contributed by atoms with E-state index in [1.165, 1.54) is 42.9 Å². The van der Waals surface area contributed by atoms with E-state index in [2.05, 4.69) is 16.3 Å². The third kappa shape index (κ3) is 8.36. The van der Waals surface area contributed by atoms with Crippen LogP contribution in [0.3, 0.4) is 0 Å². The molecule has 2 N–H and O–H groups in total. The normalized spacial score (nSPS) is 14.0. The Morgan fingerprint density at radius 1 is 1.21 bits per heavy atom. The molecule has 1 aromatic rings. The van der Waals surface area contributed by atoms with Gasteiger partial charge in [0.25, 0.3) is 0 Å². The summed E-state index contributed by atoms with van der Waals surface area (Å²) in [5, 5.41) is 12.3. The van der Waals surface area contributed by atoms with Crippen LogP contribution in [-0.2, 0) is 4.79 Å². The van der Waals surface area contributed by atoms with Gasteiger partial charge >= 0.3 is 0 Å². The maximum absolute atomic E-state index is 12.3. The number of nitrogens with zero attached hydrogens (tertiary/aromatic N) is 1. The molecule has 5 heteroatoms. The van der Waals surface area contributed by atoms with Gasteiger partial charge in [-0.3, -0.25) is 10.1 Å². The number of rotatable bonds is 9. The zero-order valence-corrected chi connectivity index (χ0v) is 17.6. The number of hydrogen-bond donors (Lipinski definition) is 2. The number of aliphatic hydroxyl groups is 1. The number of aryl methyl sites for hydroxylation is 1. The van der Waals surface area contributed by atoms with Crippen molar-refractivity contribution in [2.75, 3.05) is 19.7 Å². The lowest BCUT2D eigenvalue weighted by Crippen LogP contribution is -2.43. The first-order chi connectivity index (χ1) is 13.6. The molecule has 152 valence electrons. The highest BCUT2D eigenvalue weighted by molar-refractivity contribution is 7.80. The first kappa shape index (κ1) is 22.3. The average Bonchev–Trinajstić information content (AvgIpc) is 2.71. The second kappa shape index (κ2) is 12.5. The smallest absolute Gasteiger partial charge is 0.250 e. The molecule has 1 aliphatic carbocycles. The van der Waals surface area contributed by atoms with Crippen LogP contribution in [0.1, 0.15) is 56.1 Å². The maximum Gasteiger partial charge on any atom is 0.250 e. The van der Waals surface area contributed by atoms with E-state index < -0.39 is 0 Å². The Balaban J connectivity index is 1.88. The van der Waals surface area contributed by atoms with Gasteiger partial charge < -0.3 is 10.0 Å². The van der Waals surface area contributed by atoms with Crippen molar-refractivity contribution in [3.8, 4) is 0 Å². The van der Waals surface area contributed by atoms with Gasteiger partial charge in [0.2, 0.25) is 5.91 Å². The topological polar surface area (TPSA) is 52.6 Å². The highest BCUT2D eigenvalue weighted by atomic mass is 32.1. The quantitative estimate of drug-likeness (QED) is 0.280. The Morgan fingerprint density at radius 2 is 2.00 bits per heavy atom. The van der Waals surface area contributed by atoms with E-state index in [9.17, 15) is 4.79 Å². The monoisotopic (exact) mass is 400 g/mol. The van der Waals surface area contributed by atoms with Crippen molar-refractivity contribution >= 4 is 29.3 Å². The molecule has 0 aromatic heterocycles. The van der Waals surface area contributed by atoms with E-state index in [4.69, 9.17) is 17.3 Å². The third-order valence-electron chi connectivity index (χ3n) is 4.95. The van der Waals surface area contributed by atoms with Gasteiger partial charge in [-0.15, -0.1) is 0 Å². The fourth-order valence-corrected chi connectivity index (χ4v) is 3.50. The van der Waals surface area contributed by atoms with Gasteiger partial charge in [0.15, 0.2) is 5.11 Å². The van der Waals surface area contributed by atoms with Crippen molar-refractivity contribution in [2.45, 2.75) is 51.9 Å². The van der Waals surface area contributed by atoms with Gasteiger partial charge in [0.05, 0.1) is 0 Å². The van der Waals surface area contributed by atoms with Crippen LogP contribution in [0.15, 0.2) is 42.0 Å². The van der Waals surface area contributed by atoms with Crippen LogP contribution in [0.4, 0.5) is 0 Å². The summed E-state index contributed by atoms with van der Waals surface area (Å²) in [4.78, 5) is 14.3. The molecule has 0 aliphatic heterocycles. The number of carbonyl (C=O) groups excluding carboxylic acids is 1. The highest BCUT2D eigenvalue weighted by Gasteiger charge is 2.13. The molecule has 4 nitrogen and oxygen atoms in total. The molecule has 1 aromatic carbocycles. The van der Waals surface area contributed by atoms with Crippen LogP contribution in [0.5, 0.6) is 0 Å². The van der Waals surface area contributed by atoms with E-state index in [1.54, 1.807) is 6.08 Å². The number of amides is 1. The van der Waals surface area contributed by atoms with Gasteiger partial charge in [-0.1, -0.05) is 41.5 Å². The molecule has 0 saturated heterocycles. The highest BCUT2D eigenvalue weighted by Crippen LogP contribution is 2.20. The largest absolute Gasteiger partial charge is 0.396 e. The molecule has 0 unspecified atom stereocenters. The first-order valence-corrected chi connectivity index (χ1v) is 10.6. The molecule has 0 bridgehead atoms.